The molecule has 0 aliphatic heterocycles. The van der Waals surface area contributed by atoms with Crippen molar-refractivity contribution in [3.63, 3.8) is 0 Å². The third kappa shape index (κ3) is 15.2. The third-order valence-corrected chi connectivity index (χ3v) is 8.21. The summed E-state index contributed by atoms with van der Waals surface area (Å²) in [5.74, 6) is -0.228. The summed E-state index contributed by atoms with van der Waals surface area (Å²) in [7, 11) is 0. The molecule has 0 amide bonds. The summed E-state index contributed by atoms with van der Waals surface area (Å²) in [6.07, 6.45) is 25.5. The Morgan fingerprint density at radius 1 is 0.632 bits per heavy atom. The molecule has 38 heavy (non-hydrogen) atoms. The molecule has 0 heterocycles. The van der Waals surface area contributed by atoms with Crippen molar-refractivity contribution in [1.82, 2.24) is 0 Å². The average molecular weight is 531 g/mol. The molecule has 0 bridgehead atoms. The maximum atomic E-state index is 12.0. The summed E-state index contributed by atoms with van der Waals surface area (Å²) in [5, 5.41) is 20.5. The van der Waals surface area contributed by atoms with Gasteiger partial charge in [-0.3, -0.25) is 4.79 Å². The molecule has 220 valence electrons. The number of phenols is 1. The van der Waals surface area contributed by atoms with Crippen LogP contribution in [0.4, 0.5) is 0 Å². The Bertz CT molecular complexity index is 708. The highest BCUT2D eigenvalue weighted by Crippen LogP contribution is 2.35. The lowest BCUT2D eigenvalue weighted by atomic mass is 9.87. The maximum Gasteiger partial charge on any atom is 0.306 e. The molecule has 1 aromatic carbocycles. The minimum absolute atomic E-state index is 0.214. The summed E-state index contributed by atoms with van der Waals surface area (Å²) < 4.78 is 0. The highest BCUT2D eigenvalue weighted by molar-refractivity contribution is 5.70. The molecule has 0 spiro atoms. The van der Waals surface area contributed by atoms with E-state index in [1.807, 2.05) is 12.1 Å². The van der Waals surface area contributed by atoms with E-state index in [4.69, 9.17) is 0 Å². The molecule has 0 fully saturated rings. The van der Waals surface area contributed by atoms with Gasteiger partial charge in [0, 0.05) is 0 Å². The molecule has 3 heteroatoms. The molecule has 0 saturated carbocycles. The van der Waals surface area contributed by atoms with Crippen LogP contribution in [0.2, 0.25) is 0 Å². The standard InChI is InChI=1S/C35H62O3/c1-6-7-8-9-10-11-12-13-14-15-16-17-18-19-20-21-22-23-24-31(35(37)38)25-30-26-32(28(2)3)34(36)33(27-30)29(4)5/h26-29,31,36H,6-25H2,1-5H3,(H,37,38). The van der Waals surface area contributed by atoms with Crippen molar-refractivity contribution in [2.24, 2.45) is 5.92 Å². The zero-order valence-electron chi connectivity index (χ0n) is 25.8. The Kier molecular flexibility index (Phi) is 19.4. The van der Waals surface area contributed by atoms with Gasteiger partial charge >= 0.3 is 5.97 Å². The molecule has 1 atom stereocenters. The van der Waals surface area contributed by atoms with Crippen molar-refractivity contribution in [3.8, 4) is 5.75 Å². The van der Waals surface area contributed by atoms with Crippen LogP contribution in [-0.4, -0.2) is 16.2 Å². The molecular weight excluding hydrogens is 468 g/mol. The van der Waals surface area contributed by atoms with Crippen LogP contribution in [0.3, 0.4) is 0 Å². The number of rotatable bonds is 24. The molecule has 0 aromatic heterocycles. The van der Waals surface area contributed by atoms with Gasteiger partial charge in [-0.15, -0.1) is 0 Å². The SMILES string of the molecule is CCCCCCCCCCCCCCCCCCCCC(Cc1cc(C(C)C)c(O)c(C(C)C)c1)C(=O)O. The van der Waals surface area contributed by atoms with Crippen LogP contribution in [0.1, 0.15) is 185 Å². The van der Waals surface area contributed by atoms with E-state index in [1.165, 1.54) is 103 Å². The predicted molar refractivity (Wildman–Crippen MR) is 165 cm³/mol. The highest BCUT2D eigenvalue weighted by atomic mass is 16.4. The number of phenolic OH excluding ortho intramolecular Hbond substituents is 1. The lowest BCUT2D eigenvalue weighted by Gasteiger charge is -2.19. The van der Waals surface area contributed by atoms with Crippen LogP contribution in [-0.2, 0) is 11.2 Å². The fraction of sp³-hybridized carbons (Fsp3) is 0.800. The zero-order valence-corrected chi connectivity index (χ0v) is 25.8. The molecule has 0 saturated heterocycles. The zero-order chi connectivity index (χ0) is 28.2. The first-order valence-electron chi connectivity index (χ1n) is 16.4. The summed E-state index contributed by atoms with van der Waals surface area (Å²) in [6.45, 7) is 10.6. The molecule has 0 aliphatic rings. The van der Waals surface area contributed by atoms with E-state index in [0.717, 1.165) is 36.0 Å². The summed E-state index contributed by atoms with van der Waals surface area (Å²) in [5.41, 5.74) is 2.91. The van der Waals surface area contributed by atoms with E-state index < -0.39 is 5.97 Å². The minimum Gasteiger partial charge on any atom is -0.507 e. The molecule has 2 N–H and O–H groups in total. The van der Waals surface area contributed by atoms with Gasteiger partial charge in [0.05, 0.1) is 5.92 Å². The smallest absolute Gasteiger partial charge is 0.306 e. The van der Waals surface area contributed by atoms with Crippen LogP contribution in [0.5, 0.6) is 5.75 Å². The minimum atomic E-state index is -0.692. The number of hydrogen-bond acceptors (Lipinski definition) is 2. The third-order valence-electron chi connectivity index (χ3n) is 8.21. The van der Waals surface area contributed by atoms with Gasteiger partial charge in [-0.25, -0.2) is 0 Å². The topological polar surface area (TPSA) is 57.5 Å². The van der Waals surface area contributed by atoms with E-state index in [-0.39, 0.29) is 17.8 Å². The molecular formula is C35H62O3. The number of carbonyl (C=O) groups is 1. The van der Waals surface area contributed by atoms with Crippen LogP contribution in [0, 0.1) is 5.92 Å². The molecule has 1 aromatic rings. The highest BCUT2D eigenvalue weighted by Gasteiger charge is 2.21. The van der Waals surface area contributed by atoms with Crippen LogP contribution >= 0.6 is 0 Å². The summed E-state index contributed by atoms with van der Waals surface area (Å²) in [6, 6.07) is 4.05. The van der Waals surface area contributed by atoms with Crippen LogP contribution in [0.25, 0.3) is 0 Å². The van der Waals surface area contributed by atoms with Gasteiger partial charge in [0.25, 0.3) is 0 Å². The first-order valence-corrected chi connectivity index (χ1v) is 16.4. The first-order chi connectivity index (χ1) is 18.3. The van der Waals surface area contributed by atoms with Crippen molar-refractivity contribution in [2.45, 2.75) is 175 Å². The van der Waals surface area contributed by atoms with Crippen molar-refractivity contribution in [1.29, 1.82) is 0 Å². The number of hydrogen-bond donors (Lipinski definition) is 2. The molecule has 3 nitrogen and oxygen atoms in total. The van der Waals surface area contributed by atoms with Crippen molar-refractivity contribution in [2.75, 3.05) is 0 Å². The molecule has 0 aliphatic carbocycles. The second kappa shape index (κ2) is 21.3. The number of aromatic hydroxyl groups is 1. The van der Waals surface area contributed by atoms with E-state index in [0.29, 0.717) is 12.2 Å². The van der Waals surface area contributed by atoms with Gasteiger partial charge in [0.2, 0.25) is 0 Å². The summed E-state index contributed by atoms with van der Waals surface area (Å²) in [4.78, 5) is 12.0. The maximum absolute atomic E-state index is 12.0. The van der Waals surface area contributed by atoms with Gasteiger partial charge in [0.15, 0.2) is 0 Å². The van der Waals surface area contributed by atoms with Gasteiger partial charge in [-0.05, 0) is 41.4 Å². The Hall–Kier alpha value is -1.51. The quantitative estimate of drug-likeness (QED) is 0.131. The van der Waals surface area contributed by atoms with E-state index in [1.54, 1.807) is 0 Å². The second-order valence-electron chi connectivity index (χ2n) is 12.5. The van der Waals surface area contributed by atoms with Crippen molar-refractivity contribution < 1.29 is 15.0 Å². The lowest BCUT2D eigenvalue weighted by molar-refractivity contribution is -0.142. The number of carboxylic acid groups (broad SMARTS) is 1. The van der Waals surface area contributed by atoms with Crippen LogP contribution in [0.15, 0.2) is 12.1 Å². The monoisotopic (exact) mass is 530 g/mol. The number of benzene rings is 1. The molecule has 1 unspecified atom stereocenters. The van der Waals surface area contributed by atoms with Crippen molar-refractivity contribution >= 4 is 5.97 Å². The average Bonchev–Trinajstić information content (AvgIpc) is 2.87. The lowest BCUT2D eigenvalue weighted by Crippen LogP contribution is -2.17. The van der Waals surface area contributed by atoms with E-state index in [2.05, 4.69) is 34.6 Å². The first kappa shape index (κ1) is 34.5. The van der Waals surface area contributed by atoms with Gasteiger partial charge in [0.1, 0.15) is 5.75 Å². The van der Waals surface area contributed by atoms with Crippen molar-refractivity contribution in [3.05, 3.63) is 28.8 Å². The Balaban J connectivity index is 2.16. The largest absolute Gasteiger partial charge is 0.507 e. The molecule has 1 rings (SSSR count). The fourth-order valence-electron chi connectivity index (χ4n) is 5.63. The van der Waals surface area contributed by atoms with E-state index in [9.17, 15) is 15.0 Å². The number of aliphatic carboxylic acids is 1. The van der Waals surface area contributed by atoms with Crippen LogP contribution < -0.4 is 0 Å². The van der Waals surface area contributed by atoms with Gasteiger partial charge in [-0.2, -0.15) is 0 Å². The van der Waals surface area contributed by atoms with E-state index >= 15 is 0 Å². The fourth-order valence-corrected chi connectivity index (χ4v) is 5.63. The second-order valence-corrected chi connectivity index (χ2v) is 12.5. The Labute approximate surface area is 236 Å². The summed E-state index contributed by atoms with van der Waals surface area (Å²) >= 11 is 0. The number of carboxylic acids is 1. The normalized spacial score (nSPS) is 12.5. The Morgan fingerprint density at radius 3 is 1.29 bits per heavy atom. The Morgan fingerprint density at radius 2 is 0.974 bits per heavy atom. The van der Waals surface area contributed by atoms with Gasteiger partial charge in [-0.1, -0.05) is 162 Å². The predicted octanol–water partition coefficient (Wildman–Crippen LogP) is 11.3. The number of unbranched alkanes of at least 4 members (excludes halogenated alkanes) is 17. The molecule has 0 radical (unpaired) electrons. The van der Waals surface area contributed by atoms with Gasteiger partial charge < -0.3 is 10.2 Å².